The number of ether oxygens (including phenoxy) is 1. The molecule has 0 unspecified atom stereocenters. The van der Waals surface area contributed by atoms with Gasteiger partial charge in [-0.15, -0.1) is 0 Å². The molecule has 0 fully saturated rings. The van der Waals surface area contributed by atoms with Gasteiger partial charge in [0.15, 0.2) is 0 Å². The van der Waals surface area contributed by atoms with Gasteiger partial charge >= 0.3 is 0 Å². The number of hydrogen-bond acceptors (Lipinski definition) is 4. The maximum absolute atomic E-state index is 13.0. The highest BCUT2D eigenvalue weighted by Crippen LogP contribution is 2.18. The third-order valence-corrected chi connectivity index (χ3v) is 5.81. The topological polar surface area (TPSA) is 64.4 Å². The molecule has 2 heterocycles. The first-order valence-electron chi connectivity index (χ1n) is 11.1. The molecule has 0 aliphatic carbocycles. The minimum absolute atomic E-state index is 0.00337. The Balaban J connectivity index is 1.57. The first kappa shape index (κ1) is 21.1. The van der Waals surface area contributed by atoms with Crippen LogP contribution in [0.1, 0.15) is 54.4 Å². The van der Waals surface area contributed by atoms with Gasteiger partial charge in [-0.05, 0) is 55.7 Å². The van der Waals surface area contributed by atoms with Crippen LogP contribution >= 0.6 is 0 Å². The van der Waals surface area contributed by atoms with Crippen molar-refractivity contribution < 1.29 is 9.53 Å². The lowest BCUT2D eigenvalue weighted by Gasteiger charge is -2.19. The summed E-state index contributed by atoms with van der Waals surface area (Å²) in [5, 5.41) is 0.579. The Bertz CT molecular complexity index is 1140. The molecule has 0 N–H and O–H groups in total. The van der Waals surface area contributed by atoms with Crippen LogP contribution in [0.15, 0.2) is 47.3 Å². The van der Waals surface area contributed by atoms with Crippen molar-refractivity contribution in [3.63, 3.8) is 0 Å². The van der Waals surface area contributed by atoms with Gasteiger partial charge in [-0.25, -0.2) is 4.98 Å². The van der Waals surface area contributed by atoms with E-state index in [1.165, 1.54) is 6.42 Å². The second-order valence-corrected chi connectivity index (χ2v) is 8.12. The Morgan fingerprint density at radius 1 is 1.10 bits per heavy atom. The van der Waals surface area contributed by atoms with Crippen molar-refractivity contribution in [1.29, 1.82) is 0 Å². The Morgan fingerprint density at radius 3 is 2.65 bits per heavy atom. The summed E-state index contributed by atoms with van der Waals surface area (Å²) in [4.78, 5) is 32.5. The predicted molar refractivity (Wildman–Crippen MR) is 122 cm³/mol. The molecule has 6 nitrogen and oxygen atoms in total. The van der Waals surface area contributed by atoms with Crippen molar-refractivity contribution >= 4 is 16.8 Å². The first-order chi connectivity index (χ1) is 15.1. The summed E-state index contributed by atoms with van der Waals surface area (Å²) < 4.78 is 7.29. The lowest BCUT2D eigenvalue weighted by atomic mass is 10.1. The second kappa shape index (κ2) is 9.33. The Hall–Kier alpha value is -3.15. The number of aryl methyl sites for hydroxylation is 1. The number of benzene rings is 2. The van der Waals surface area contributed by atoms with Crippen LogP contribution in [0.25, 0.3) is 10.9 Å². The largest absolute Gasteiger partial charge is 0.494 e. The standard InChI is InChI=1S/C25H29N3O3/c1-3-31-20-12-9-18(10-13-20)17-27(2)24(29)19-11-14-21-22(16-19)26-23-8-6-4-5-7-15-28(23)25(21)30/h9-14,16H,3-8,15,17H2,1-2H3. The smallest absolute Gasteiger partial charge is 0.261 e. The number of fused-ring (bicyclic) bond motifs is 2. The molecule has 0 spiro atoms. The molecular weight excluding hydrogens is 390 g/mol. The van der Waals surface area contributed by atoms with Crippen molar-refractivity contribution in [2.24, 2.45) is 0 Å². The molecular formula is C25H29N3O3. The molecule has 1 aromatic heterocycles. The molecule has 4 rings (SSSR count). The average molecular weight is 420 g/mol. The summed E-state index contributed by atoms with van der Waals surface area (Å²) in [5.41, 5.74) is 2.18. The molecule has 6 heteroatoms. The zero-order valence-electron chi connectivity index (χ0n) is 18.3. The average Bonchev–Trinajstić information content (AvgIpc) is 2.76. The highest BCUT2D eigenvalue weighted by molar-refractivity contribution is 5.97. The fraction of sp³-hybridized carbons (Fsp3) is 0.400. The van der Waals surface area contributed by atoms with Crippen LogP contribution in [0.4, 0.5) is 0 Å². The Kier molecular flexibility index (Phi) is 6.35. The molecule has 2 aromatic carbocycles. The molecule has 1 amide bonds. The van der Waals surface area contributed by atoms with Gasteiger partial charge in [0.25, 0.3) is 11.5 Å². The third kappa shape index (κ3) is 4.63. The van der Waals surface area contributed by atoms with E-state index in [-0.39, 0.29) is 11.5 Å². The van der Waals surface area contributed by atoms with E-state index in [0.29, 0.717) is 29.6 Å². The SMILES string of the molecule is CCOc1ccc(CN(C)C(=O)c2ccc3c(=O)n4c(nc3c2)CCCCCC4)cc1. The van der Waals surface area contributed by atoms with Gasteiger partial charge in [0.1, 0.15) is 11.6 Å². The van der Waals surface area contributed by atoms with Gasteiger partial charge in [-0.1, -0.05) is 25.0 Å². The second-order valence-electron chi connectivity index (χ2n) is 8.12. The van der Waals surface area contributed by atoms with E-state index >= 15 is 0 Å². The van der Waals surface area contributed by atoms with Crippen molar-refractivity contribution in [2.45, 2.75) is 52.1 Å². The summed E-state index contributed by atoms with van der Waals surface area (Å²) in [7, 11) is 1.78. The number of carbonyl (C=O) groups excluding carboxylic acids is 1. The molecule has 1 aliphatic heterocycles. The summed E-state index contributed by atoms with van der Waals surface area (Å²) in [5.74, 6) is 1.57. The van der Waals surface area contributed by atoms with E-state index in [1.54, 1.807) is 30.1 Å². The highest BCUT2D eigenvalue weighted by Gasteiger charge is 2.17. The maximum Gasteiger partial charge on any atom is 0.261 e. The van der Waals surface area contributed by atoms with Gasteiger partial charge in [-0.3, -0.25) is 14.2 Å². The van der Waals surface area contributed by atoms with Crippen LogP contribution in [0.2, 0.25) is 0 Å². The Labute approximate surface area is 182 Å². The minimum Gasteiger partial charge on any atom is -0.494 e. The van der Waals surface area contributed by atoms with Crippen LogP contribution < -0.4 is 10.3 Å². The van der Waals surface area contributed by atoms with E-state index in [4.69, 9.17) is 9.72 Å². The van der Waals surface area contributed by atoms with Crippen LogP contribution in [0.3, 0.4) is 0 Å². The van der Waals surface area contributed by atoms with Gasteiger partial charge in [0.05, 0.1) is 17.5 Å². The first-order valence-corrected chi connectivity index (χ1v) is 11.1. The molecule has 0 atom stereocenters. The molecule has 31 heavy (non-hydrogen) atoms. The summed E-state index contributed by atoms with van der Waals surface area (Å²) in [6.07, 6.45) is 5.18. The molecule has 162 valence electrons. The number of carbonyl (C=O) groups is 1. The maximum atomic E-state index is 13.0. The Morgan fingerprint density at radius 2 is 1.87 bits per heavy atom. The number of nitrogens with zero attached hydrogens (tertiary/aromatic N) is 3. The van der Waals surface area contributed by atoms with Crippen molar-refractivity contribution in [2.75, 3.05) is 13.7 Å². The normalized spacial score (nSPS) is 13.9. The molecule has 0 radical (unpaired) electrons. The minimum atomic E-state index is -0.0931. The summed E-state index contributed by atoms with van der Waals surface area (Å²) in [6.45, 7) is 3.79. The van der Waals surface area contributed by atoms with Crippen molar-refractivity contribution in [3.8, 4) is 5.75 Å². The molecule has 0 bridgehead atoms. The van der Waals surface area contributed by atoms with Crippen LogP contribution in [0.5, 0.6) is 5.75 Å². The lowest BCUT2D eigenvalue weighted by molar-refractivity contribution is 0.0785. The van der Waals surface area contributed by atoms with Crippen LogP contribution in [-0.4, -0.2) is 34.0 Å². The molecule has 0 saturated carbocycles. The number of aromatic nitrogens is 2. The zero-order valence-corrected chi connectivity index (χ0v) is 18.3. The number of hydrogen-bond donors (Lipinski definition) is 0. The zero-order chi connectivity index (χ0) is 21.8. The van der Waals surface area contributed by atoms with E-state index in [0.717, 1.165) is 49.4 Å². The van der Waals surface area contributed by atoms with Gasteiger partial charge in [0, 0.05) is 32.1 Å². The van der Waals surface area contributed by atoms with Crippen molar-refractivity contribution in [3.05, 3.63) is 69.8 Å². The van der Waals surface area contributed by atoms with E-state index in [9.17, 15) is 9.59 Å². The van der Waals surface area contributed by atoms with E-state index < -0.39 is 0 Å². The number of amides is 1. The van der Waals surface area contributed by atoms with E-state index in [1.807, 2.05) is 35.8 Å². The summed E-state index contributed by atoms with van der Waals surface area (Å²) >= 11 is 0. The molecule has 3 aromatic rings. The quantitative estimate of drug-likeness (QED) is 0.622. The fourth-order valence-corrected chi connectivity index (χ4v) is 4.15. The third-order valence-electron chi connectivity index (χ3n) is 5.81. The lowest BCUT2D eigenvalue weighted by Crippen LogP contribution is -2.28. The van der Waals surface area contributed by atoms with E-state index in [2.05, 4.69) is 0 Å². The monoisotopic (exact) mass is 419 g/mol. The molecule has 0 saturated heterocycles. The predicted octanol–water partition coefficient (Wildman–Crippen LogP) is 4.18. The highest BCUT2D eigenvalue weighted by atomic mass is 16.5. The van der Waals surface area contributed by atoms with Crippen LogP contribution in [-0.2, 0) is 19.5 Å². The molecule has 1 aliphatic rings. The van der Waals surface area contributed by atoms with Gasteiger partial charge < -0.3 is 9.64 Å². The van der Waals surface area contributed by atoms with Crippen LogP contribution in [0, 0.1) is 0 Å². The van der Waals surface area contributed by atoms with Gasteiger partial charge in [-0.2, -0.15) is 0 Å². The van der Waals surface area contributed by atoms with Crippen molar-refractivity contribution in [1.82, 2.24) is 14.5 Å². The number of rotatable bonds is 5. The summed E-state index contributed by atoms with van der Waals surface area (Å²) in [6, 6.07) is 13.0. The van der Waals surface area contributed by atoms with Gasteiger partial charge in [0.2, 0.25) is 0 Å². The fourth-order valence-electron chi connectivity index (χ4n) is 4.15.